The summed E-state index contributed by atoms with van der Waals surface area (Å²) in [4.78, 5) is 30.6. The van der Waals surface area contributed by atoms with Gasteiger partial charge in [-0.05, 0) is 28.6 Å². The van der Waals surface area contributed by atoms with Gasteiger partial charge in [0.05, 0.1) is 31.0 Å². The van der Waals surface area contributed by atoms with E-state index in [1.807, 2.05) is 19.1 Å². The average Bonchev–Trinajstić information content (AvgIpc) is 2.77. The molecule has 2 aromatic carbocycles. The highest BCUT2D eigenvalue weighted by molar-refractivity contribution is 7.99. The van der Waals surface area contributed by atoms with Crippen molar-refractivity contribution < 1.29 is 19.0 Å². The van der Waals surface area contributed by atoms with Crippen LogP contribution in [-0.2, 0) is 4.79 Å². The van der Waals surface area contributed by atoms with Gasteiger partial charge in [0.15, 0.2) is 11.5 Å². The zero-order valence-electron chi connectivity index (χ0n) is 18.0. The van der Waals surface area contributed by atoms with Gasteiger partial charge in [0, 0.05) is 23.1 Å². The first-order valence-corrected chi connectivity index (χ1v) is 11.3. The molecule has 0 spiro atoms. The van der Waals surface area contributed by atoms with Crippen molar-refractivity contribution in [2.75, 3.05) is 24.9 Å². The van der Waals surface area contributed by atoms with Crippen molar-refractivity contribution in [1.29, 1.82) is 0 Å². The number of methoxy groups -OCH3 is 2. The molecule has 2 heterocycles. The lowest BCUT2D eigenvalue weighted by Gasteiger charge is -2.32. The number of nitrogens with zero attached hydrogens (tertiary/aromatic N) is 3. The number of para-hydroxylation sites is 1. The van der Waals surface area contributed by atoms with Gasteiger partial charge in [0.2, 0.25) is 11.1 Å². The second kappa shape index (κ2) is 8.84. The number of hydrogen-bond donors (Lipinski definition) is 1. The Balaban J connectivity index is 2.13. The molecule has 0 radical (unpaired) electrons. The fourth-order valence-corrected chi connectivity index (χ4v) is 4.75. The summed E-state index contributed by atoms with van der Waals surface area (Å²) in [7, 11) is 3.02. The first kappa shape index (κ1) is 22.2. The number of aromatic nitrogens is 3. The van der Waals surface area contributed by atoms with Gasteiger partial charge in [-0.2, -0.15) is 0 Å². The van der Waals surface area contributed by atoms with E-state index in [0.29, 0.717) is 49.9 Å². The van der Waals surface area contributed by atoms with E-state index in [1.54, 1.807) is 33.8 Å². The van der Waals surface area contributed by atoms with Gasteiger partial charge >= 0.3 is 11.3 Å². The number of carbonyl (C=O) groups is 1. The second-order valence-electron chi connectivity index (χ2n) is 7.00. The number of fused-ring (bicyclic) bond motifs is 3. The molecule has 1 aliphatic heterocycles. The second-order valence-corrected chi connectivity index (χ2v) is 8.68. The summed E-state index contributed by atoms with van der Waals surface area (Å²) in [5.74, 6) is 1.30. The molecule has 0 unspecified atom stereocenters. The number of carbonyl (C=O) groups excluding carboxylic acids is 1. The van der Waals surface area contributed by atoms with Gasteiger partial charge in [-0.15, -0.1) is 0 Å². The third-order valence-corrected chi connectivity index (χ3v) is 6.09. The molecule has 4 rings (SSSR count). The molecule has 1 N–H and O–H groups in total. The third-order valence-electron chi connectivity index (χ3n) is 5.13. The Hall–Kier alpha value is -3.04. The van der Waals surface area contributed by atoms with Crippen LogP contribution < -0.4 is 24.6 Å². The number of ether oxygens (including phenoxy) is 2. The van der Waals surface area contributed by atoms with Crippen LogP contribution in [0.25, 0.3) is 11.3 Å². The van der Waals surface area contributed by atoms with Gasteiger partial charge in [-0.1, -0.05) is 42.4 Å². The summed E-state index contributed by atoms with van der Waals surface area (Å²) >= 11 is 7.80. The van der Waals surface area contributed by atoms with E-state index in [4.69, 9.17) is 26.2 Å². The Morgan fingerprint density at radius 2 is 2.03 bits per heavy atom. The average molecular weight is 474 g/mol. The molecular weight excluding hydrogens is 452 g/mol. The van der Waals surface area contributed by atoms with Crippen molar-refractivity contribution in [3.63, 3.8) is 0 Å². The topological polar surface area (TPSA) is 88.4 Å². The Morgan fingerprint density at radius 1 is 1.28 bits per heavy atom. The van der Waals surface area contributed by atoms with Crippen molar-refractivity contribution in [2.45, 2.75) is 25.2 Å². The molecule has 1 aliphatic rings. The highest BCUT2D eigenvalue weighted by Crippen LogP contribution is 2.43. The van der Waals surface area contributed by atoms with Gasteiger partial charge in [0.1, 0.15) is 0 Å². The Labute approximate surface area is 194 Å². The van der Waals surface area contributed by atoms with E-state index >= 15 is 0 Å². The number of rotatable bonds is 5. The quantitative estimate of drug-likeness (QED) is 0.451. The molecule has 0 saturated heterocycles. The van der Waals surface area contributed by atoms with Crippen LogP contribution in [0.5, 0.6) is 11.5 Å². The molecule has 3 aromatic rings. The SMILES string of the molecule is CCSc1n[n+]2c(c(=O)[nH]1)-c1ccccc1N(C(C)=O)[C@H]2c1cc(Cl)cc(OC)c1OC. The summed E-state index contributed by atoms with van der Waals surface area (Å²) in [6, 6.07) is 10.6. The van der Waals surface area contributed by atoms with E-state index in [9.17, 15) is 9.59 Å². The summed E-state index contributed by atoms with van der Waals surface area (Å²) in [5.41, 5.74) is 1.77. The number of aromatic amines is 1. The van der Waals surface area contributed by atoms with Crippen molar-refractivity contribution in [1.82, 2.24) is 10.1 Å². The Kier molecular flexibility index (Phi) is 6.12. The maximum absolute atomic E-state index is 13.2. The van der Waals surface area contributed by atoms with E-state index in [1.165, 1.54) is 32.9 Å². The number of hydrogen-bond acceptors (Lipinski definition) is 6. The van der Waals surface area contributed by atoms with Gasteiger partial charge in [0.25, 0.3) is 6.17 Å². The standard InChI is InChI=1S/C22H21ClN4O4S/c1-5-32-22-24-20(29)18-14-8-6-7-9-16(14)26(12(2)28)21(27(18)25-22)15-10-13(23)11-17(30-3)19(15)31-4/h6-11,21H,5H2,1-4H3/p+1/t21-/m1/s1. The molecule has 0 bridgehead atoms. The minimum Gasteiger partial charge on any atom is -0.493 e. The minimum absolute atomic E-state index is 0.228. The van der Waals surface area contributed by atoms with E-state index < -0.39 is 6.17 Å². The molecule has 10 heteroatoms. The number of H-pyrrole nitrogens is 1. The van der Waals surface area contributed by atoms with Crippen molar-refractivity contribution in [3.8, 4) is 22.8 Å². The number of nitrogens with one attached hydrogen (secondary N) is 1. The maximum Gasteiger partial charge on any atom is 0.325 e. The summed E-state index contributed by atoms with van der Waals surface area (Å²) in [6.45, 7) is 3.44. The first-order chi connectivity index (χ1) is 15.4. The lowest BCUT2D eigenvalue weighted by atomic mass is 10.0. The van der Waals surface area contributed by atoms with Crippen molar-refractivity contribution in [3.05, 3.63) is 57.3 Å². The zero-order chi connectivity index (χ0) is 23.0. The predicted octanol–water partition coefficient (Wildman–Crippen LogP) is 3.42. The molecule has 0 saturated carbocycles. The van der Waals surface area contributed by atoms with E-state index in [2.05, 4.69) is 4.98 Å². The van der Waals surface area contributed by atoms with Gasteiger partial charge in [-0.25, -0.2) is 4.90 Å². The molecule has 0 aliphatic carbocycles. The summed E-state index contributed by atoms with van der Waals surface area (Å²) in [6.07, 6.45) is -0.821. The Morgan fingerprint density at radius 3 is 2.69 bits per heavy atom. The van der Waals surface area contributed by atoms with Crippen LogP contribution in [0.2, 0.25) is 5.02 Å². The minimum atomic E-state index is -0.821. The highest BCUT2D eigenvalue weighted by atomic mass is 35.5. The lowest BCUT2D eigenvalue weighted by Crippen LogP contribution is -2.60. The zero-order valence-corrected chi connectivity index (χ0v) is 19.6. The first-order valence-electron chi connectivity index (χ1n) is 9.90. The number of amides is 1. The van der Waals surface area contributed by atoms with Crippen LogP contribution in [0.1, 0.15) is 25.6 Å². The van der Waals surface area contributed by atoms with Crippen LogP contribution in [0, 0.1) is 0 Å². The maximum atomic E-state index is 13.2. The monoisotopic (exact) mass is 473 g/mol. The van der Waals surface area contributed by atoms with Crippen LogP contribution >= 0.6 is 23.4 Å². The fraction of sp³-hybridized carbons (Fsp3) is 0.273. The molecule has 8 nitrogen and oxygen atoms in total. The number of anilines is 1. The molecular formula is C22H22ClN4O4S+. The normalized spacial score (nSPS) is 14.5. The van der Waals surface area contributed by atoms with Gasteiger partial charge < -0.3 is 9.47 Å². The van der Waals surface area contributed by atoms with Crippen molar-refractivity contribution in [2.24, 2.45) is 0 Å². The molecule has 1 atom stereocenters. The predicted molar refractivity (Wildman–Crippen MR) is 123 cm³/mol. The molecule has 0 fully saturated rings. The largest absolute Gasteiger partial charge is 0.493 e. The molecule has 1 aromatic heterocycles. The van der Waals surface area contributed by atoms with Gasteiger partial charge in [-0.3, -0.25) is 14.6 Å². The van der Waals surface area contributed by atoms with E-state index in [-0.39, 0.29) is 11.5 Å². The summed E-state index contributed by atoms with van der Waals surface area (Å²) in [5, 5.41) is 5.55. The van der Waals surface area contributed by atoms with E-state index in [0.717, 1.165) is 0 Å². The van der Waals surface area contributed by atoms with Crippen LogP contribution in [0.4, 0.5) is 5.69 Å². The molecule has 32 heavy (non-hydrogen) atoms. The molecule has 1 amide bonds. The van der Waals surface area contributed by atoms with Crippen LogP contribution in [0.3, 0.4) is 0 Å². The number of thioether (sulfide) groups is 1. The number of benzene rings is 2. The lowest BCUT2D eigenvalue weighted by molar-refractivity contribution is -0.763. The smallest absolute Gasteiger partial charge is 0.325 e. The summed E-state index contributed by atoms with van der Waals surface area (Å²) < 4.78 is 12.7. The van der Waals surface area contributed by atoms with Crippen LogP contribution in [-0.4, -0.2) is 36.0 Å². The van der Waals surface area contributed by atoms with Crippen LogP contribution in [0.15, 0.2) is 46.3 Å². The third kappa shape index (κ3) is 3.61. The van der Waals surface area contributed by atoms with Crippen molar-refractivity contribution >= 4 is 35.0 Å². The molecule has 166 valence electrons. The fourth-order valence-electron chi connectivity index (χ4n) is 3.95. The highest BCUT2D eigenvalue weighted by Gasteiger charge is 2.46. The number of halogens is 1. The Bertz CT molecular complexity index is 1260.